The maximum absolute atomic E-state index is 13.9. The molecule has 0 aliphatic heterocycles. The Balaban J connectivity index is 2.15. The van der Waals surface area contributed by atoms with Gasteiger partial charge in [0.2, 0.25) is 0 Å². The lowest BCUT2D eigenvalue weighted by Crippen LogP contribution is -2.34. The molecule has 0 aliphatic carbocycles. The van der Waals surface area contributed by atoms with Gasteiger partial charge in [-0.25, -0.2) is 13.6 Å². The first-order chi connectivity index (χ1) is 13.5. The fourth-order valence-electron chi connectivity index (χ4n) is 2.46. The Morgan fingerprint density at radius 3 is 2.45 bits per heavy atom. The van der Waals surface area contributed by atoms with Crippen LogP contribution in [0.1, 0.15) is 18.5 Å². The van der Waals surface area contributed by atoms with E-state index in [2.05, 4.69) is 5.32 Å². The van der Waals surface area contributed by atoms with Gasteiger partial charge in [0, 0.05) is 24.4 Å². The SMILES string of the molecule is COc1ccc(NC(=O)N(C)C(C)c2cc(F)ccc2F)cc1OCC(F)(F)F. The number of hydrogen-bond acceptors (Lipinski definition) is 3. The van der Waals surface area contributed by atoms with Gasteiger partial charge in [0.25, 0.3) is 0 Å². The van der Waals surface area contributed by atoms with Gasteiger partial charge in [0.15, 0.2) is 18.1 Å². The summed E-state index contributed by atoms with van der Waals surface area (Å²) in [5, 5.41) is 2.47. The van der Waals surface area contributed by atoms with Crippen LogP contribution in [0.15, 0.2) is 36.4 Å². The van der Waals surface area contributed by atoms with E-state index in [1.165, 1.54) is 39.3 Å². The average Bonchev–Trinajstić information content (AvgIpc) is 2.66. The number of carbonyl (C=O) groups excluding carboxylic acids is 1. The average molecular weight is 418 g/mol. The van der Waals surface area contributed by atoms with Gasteiger partial charge >= 0.3 is 12.2 Å². The summed E-state index contributed by atoms with van der Waals surface area (Å²) in [6.07, 6.45) is -4.55. The summed E-state index contributed by atoms with van der Waals surface area (Å²) < 4.78 is 74.2. The second kappa shape index (κ2) is 8.97. The van der Waals surface area contributed by atoms with Crippen molar-refractivity contribution in [3.05, 3.63) is 53.6 Å². The predicted molar refractivity (Wildman–Crippen MR) is 96.1 cm³/mol. The molecule has 0 bridgehead atoms. The highest BCUT2D eigenvalue weighted by atomic mass is 19.4. The van der Waals surface area contributed by atoms with Crippen LogP contribution in [0.3, 0.4) is 0 Å². The molecule has 2 amide bonds. The Morgan fingerprint density at radius 2 is 1.83 bits per heavy atom. The monoisotopic (exact) mass is 418 g/mol. The molecule has 0 fully saturated rings. The molecule has 1 atom stereocenters. The number of anilines is 1. The zero-order valence-corrected chi connectivity index (χ0v) is 15.8. The normalized spacial score (nSPS) is 12.3. The molecule has 1 unspecified atom stereocenters. The highest BCUT2D eigenvalue weighted by Gasteiger charge is 2.29. The quantitative estimate of drug-likeness (QED) is 0.661. The largest absolute Gasteiger partial charge is 0.493 e. The van der Waals surface area contributed by atoms with E-state index in [9.17, 15) is 26.7 Å². The molecule has 0 saturated carbocycles. The van der Waals surface area contributed by atoms with E-state index in [1.54, 1.807) is 0 Å². The molecule has 0 radical (unpaired) electrons. The van der Waals surface area contributed by atoms with Gasteiger partial charge in [-0.1, -0.05) is 0 Å². The first-order valence-corrected chi connectivity index (χ1v) is 8.38. The number of benzene rings is 2. The molecule has 0 spiro atoms. The molecule has 2 aromatic carbocycles. The zero-order valence-electron chi connectivity index (χ0n) is 15.8. The van der Waals surface area contributed by atoms with Crippen molar-refractivity contribution in [1.82, 2.24) is 4.90 Å². The third-order valence-corrected chi connectivity index (χ3v) is 4.12. The summed E-state index contributed by atoms with van der Waals surface area (Å²) >= 11 is 0. The molecule has 2 rings (SSSR count). The summed E-state index contributed by atoms with van der Waals surface area (Å²) in [6.45, 7) is -0.0279. The molecule has 1 N–H and O–H groups in total. The first-order valence-electron chi connectivity index (χ1n) is 8.38. The van der Waals surface area contributed by atoms with E-state index in [0.29, 0.717) is 0 Å². The van der Waals surface area contributed by atoms with Crippen LogP contribution in [0.4, 0.5) is 32.4 Å². The number of hydrogen-bond donors (Lipinski definition) is 1. The van der Waals surface area contributed by atoms with Crippen molar-refractivity contribution in [2.75, 3.05) is 26.1 Å². The summed E-state index contributed by atoms with van der Waals surface area (Å²) in [6, 6.07) is 5.31. The summed E-state index contributed by atoms with van der Waals surface area (Å²) in [5.74, 6) is -1.49. The number of nitrogens with zero attached hydrogens (tertiary/aromatic N) is 1. The number of amides is 2. The number of alkyl halides is 3. The Morgan fingerprint density at radius 1 is 1.14 bits per heavy atom. The minimum absolute atomic E-state index is 0.0217. The van der Waals surface area contributed by atoms with E-state index in [0.717, 1.165) is 23.1 Å². The Bertz CT molecular complexity index is 873. The highest BCUT2D eigenvalue weighted by Crippen LogP contribution is 2.32. The van der Waals surface area contributed by atoms with Gasteiger partial charge in [-0.15, -0.1) is 0 Å². The van der Waals surface area contributed by atoms with Crippen molar-refractivity contribution in [3.63, 3.8) is 0 Å². The predicted octanol–water partition coefficient (Wildman–Crippen LogP) is 5.14. The highest BCUT2D eigenvalue weighted by molar-refractivity contribution is 5.89. The van der Waals surface area contributed by atoms with E-state index in [4.69, 9.17) is 9.47 Å². The van der Waals surface area contributed by atoms with Crippen LogP contribution in [0.25, 0.3) is 0 Å². The minimum Gasteiger partial charge on any atom is -0.493 e. The molecule has 0 aromatic heterocycles. The molecule has 2 aromatic rings. The molecule has 0 aliphatic rings. The van der Waals surface area contributed by atoms with Crippen molar-refractivity contribution in [3.8, 4) is 11.5 Å². The molecular formula is C19H19F5N2O3. The van der Waals surface area contributed by atoms with Crippen molar-refractivity contribution >= 4 is 11.7 Å². The van der Waals surface area contributed by atoms with Gasteiger partial charge < -0.3 is 19.7 Å². The van der Waals surface area contributed by atoms with E-state index >= 15 is 0 Å². The van der Waals surface area contributed by atoms with Crippen LogP contribution < -0.4 is 14.8 Å². The Kier molecular flexibility index (Phi) is 6.89. The van der Waals surface area contributed by atoms with Gasteiger partial charge in [-0.3, -0.25) is 0 Å². The van der Waals surface area contributed by atoms with Crippen molar-refractivity contribution in [2.24, 2.45) is 0 Å². The molecule has 158 valence electrons. The number of rotatable bonds is 6. The topological polar surface area (TPSA) is 50.8 Å². The second-order valence-corrected chi connectivity index (χ2v) is 6.15. The number of ether oxygens (including phenoxy) is 2. The van der Waals surface area contributed by atoms with Crippen molar-refractivity contribution < 1.29 is 36.2 Å². The standard InChI is InChI=1S/C19H19F5N2O3/c1-11(14-8-12(20)4-6-15(14)21)26(2)18(27)25-13-5-7-16(28-3)17(9-13)29-10-19(22,23)24/h4-9,11H,10H2,1-3H3,(H,25,27). The van der Waals surface area contributed by atoms with E-state index in [1.807, 2.05) is 0 Å². The molecule has 0 heterocycles. The lowest BCUT2D eigenvalue weighted by molar-refractivity contribution is -0.153. The van der Waals surface area contributed by atoms with E-state index < -0.39 is 36.5 Å². The van der Waals surface area contributed by atoms with Gasteiger partial charge in [-0.05, 0) is 37.3 Å². The number of urea groups is 1. The minimum atomic E-state index is -4.55. The van der Waals surface area contributed by atoms with Crippen LogP contribution in [-0.4, -0.2) is 37.9 Å². The van der Waals surface area contributed by atoms with Crippen LogP contribution in [0.5, 0.6) is 11.5 Å². The van der Waals surface area contributed by atoms with Gasteiger partial charge in [-0.2, -0.15) is 13.2 Å². The van der Waals surface area contributed by atoms with Crippen LogP contribution in [0, 0.1) is 11.6 Å². The third-order valence-electron chi connectivity index (χ3n) is 4.12. The van der Waals surface area contributed by atoms with Crippen LogP contribution in [0.2, 0.25) is 0 Å². The fourth-order valence-corrected chi connectivity index (χ4v) is 2.46. The molecule has 29 heavy (non-hydrogen) atoms. The van der Waals surface area contributed by atoms with Crippen LogP contribution >= 0.6 is 0 Å². The summed E-state index contributed by atoms with van der Waals surface area (Å²) in [4.78, 5) is 13.6. The Labute approximate surface area is 164 Å². The zero-order chi connectivity index (χ0) is 21.8. The number of halogens is 5. The third kappa shape index (κ3) is 5.97. The number of nitrogens with one attached hydrogen (secondary N) is 1. The summed E-state index contributed by atoms with van der Waals surface area (Å²) in [7, 11) is 2.63. The maximum Gasteiger partial charge on any atom is 0.422 e. The van der Waals surface area contributed by atoms with Gasteiger partial charge in [0.05, 0.1) is 13.2 Å². The fraction of sp³-hybridized carbons (Fsp3) is 0.316. The lowest BCUT2D eigenvalue weighted by Gasteiger charge is -2.26. The van der Waals surface area contributed by atoms with E-state index in [-0.39, 0.29) is 22.7 Å². The molecular weight excluding hydrogens is 399 g/mol. The number of methoxy groups -OCH3 is 1. The van der Waals surface area contributed by atoms with Crippen molar-refractivity contribution in [1.29, 1.82) is 0 Å². The second-order valence-electron chi connectivity index (χ2n) is 6.15. The lowest BCUT2D eigenvalue weighted by atomic mass is 10.1. The summed E-state index contributed by atoms with van der Waals surface area (Å²) in [5.41, 5.74) is 0.110. The first kappa shape index (κ1) is 22.3. The van der Waals surface area contributed by atoms with Crippen LogP contribution in [-0.2, 0) is 0 Å². The van der Waals surface area contributed by atoms with Crippen molar-refractivity contribution in [2.45, 2.75) is 19.1 Å². The van der Waals surface area contributed by atoms with Gasteiger partial charge in [0.1, 0.15) is 11.6 Å². The molecule has 5 nitrogen and oxygen atoms in total. The smallest absolute Gasteiger partial charge is 0.422 e. The molecule has 0 saturated heterocycles. The maximum atomic E-state index is 13.9. The number of carbonyl (C=O) groups is 1. The molecule has 10 heteroatoms. The Hall–Kier alpha value is -3.04.